The molecule has 0 N–H and O–H groups in total. The lowest BCUT2D eigenvalue weighted by atomic mass is 9.96. The molecule has 2 aromatic carbocycles. The second-order valence-corrected chi connectivity index (χ2v) is 4.48. The van der Waals surface area contributed by atoms with Crippen molar-refractivity contribution < 1.29 is 14.3 Å². The van der Waals surface area contributed by atoms with Crippen LogP contribution in [0.15, 0.2) is 30.3 Å². The number of carbonyl (C=O) groups is 1. The molecule has 0 radical (unpaired) electrons. The Morgan fingerprint density at radius 2 is 2.00 bits per heavy atom. The first-order valence-electron chi connectivity index (χ1n) is 6.21. The van der Waals surface area contributed by atoms with Crippen molar-refractivity contribution in [3.8, 4) is 11.8 Å². The molecule has 20 heavy (non-hydrogen) atoms. The summed E-state index contributed by atoms with van der Waals surface area (Å²) in [6.07, 6.45) is 0. The number of benzene rings is 2. The lowest BCUT2D eigenvalue weighted by Crippen LogP contribution is -2.10. The standard InChI is InChI=1S/C16H15NO3/c1-10(16(18)20-3)11-4-6-13-12(8-11)5-7-15(19-2)14(13)9-17/h4-8,10H,1-3H3/t10-/m0/s1. The zero-order valence-corrected chi connectivity index (χ0v) is 11.6. The molecule has 4 nitrogen and oxygen atoms in total. The number of rotatable bonds is 3. The fraction of sp³-hybridized carbons (Fsp3) is 0.250. The highest BCUT2D eigenvalue weighted by molar-refractivity contribution is 5.91. The van der Waals surface area contributed by atoms with Gasteiger partial charge in [0.2, 0.25) is 0 Å². The molecule has 2 rings (SSSR count). The van der Waals surface area contributed by atoms with Crippen LogP contribution in [0.3, 0.4) is 0 Å². The van der Waals surface area contributed by atoms with E-state index in [2.05, 4.69) is 6.07 Å². The molecule has 0 fully saturated rings. The number of nitrogens with zero attached hydrogens (tertiary/aromatic N) is 1. The number of esters is 1. The zero-order valence-electron chi connectivity index (χ0n) is 11.6. The second-order valence-electron chi connectivity index (χ2n) is 4.48. The van der Waals surface area contributed by atoms with Crippen molar-refractivity contribution in [2.75, 3.05) is 14.2 Å². The molecule has 2 aromatic rings. The highest BCUT2D eigenvalue weighted by Gasteiger charge is 2.16. The van der Waals surface area contributed by atoms with E-state index in [4.69, 9.17) is 9.47 Å². The van der Waals surface area contributed by atoms with Crippen LogP contribution in [0.5, 0.6) is 5.75 Å². The van der Waals surface area contributed by atoms with E-state index in [1.165, 1.54) is 14.2 Å². The molecule has 4 heteroatoms. The highest BCUT2D eigenvalue weighted by atomic mass is 16.5. The minimum atomic E-state index is -0.336. The molecule has 0 spiro atoms. The molecule has 0 aliphatic rings. The van der Waals surface area contributed by atoms with Crippen molar-refractivity contribution in [2.24, 2.45) is 0 Å². The maximum Gasteiger partial charge on any atom is 0.312 e. The SMILES string of the molecule is COC(=O)[C@@H](C)c1ccc2c(C#N)c(OC)ccc2c1. The first-order valence-corrected chi connectivity index (χ1v) is 6.21. The summed E-state index contributed by atoms with van der Waals surface area (Å²) in [6.45, 7) is 1.79. The van der Waals surface area contributed by atoms with E-state index in [0.29, 0.717) is 11.3 Å². The molecule has 0 aliphatic carbocycles. The van der Waals surface area contributed by atoms with Crippen molar-refractivity contribution in [1.29, 1.82) is 5.26 Å². The summed E-state index contributed by atoms with van der Waals surface area (Å²) in [6, 6.07) is 11.4. The van der Waals surface area contributed by atoms with Crippen molar-refractivity contribution in [2.45, 2.75) is 12.8 Å². The van der Waals surface area contributed by atoms with Gasteiger partial charge in [-0.2, -0.15) is 5.26 Å². The summed E-state index contributed by atoms with van der Waals surface area (Å²) < 4.78 is 9.93. The highest BCUT2D eigenvalue weighted by Crippen LogP contribution is 2.29. The molecule has 0 heterocycles. The van der Waals surface area contributed by atoms with E-state index >= 15 is 0 Å². The van der Waals surface area contributed by atoms with Gasteiger partial charge in [-0.25, -0.2) is 0 Å². The van der Waals surface area contributed by atoms with Crippen LogP contribution >= 0.6 is 0 Å². The first kappa shape index (κ1) is 13.9. The van der Waals surface area contributed by atoms with Gasteiger partial charge in [-0.1, -0.05) is 24.3 Å². The van der Waals surface area contributed by atoms with E-state index in [1.54, 1.807) is 13.0 Å². The van der Waals surface area contributed by atoms with Crippen LogP contribution in [0.4, 0.5) is 0 Å². The number of methoxy groups -OCH3 is 2. The van der Waals surface area contributed by atoms with Gasteiger partial charge in [-0.15, -0.1) is 0 Å². The Kier molecular flexibility index (Phi) is 3.90. The van der Waals surface area contributed by atoms with Gasteiger partial charge in [0.15, 0.2) is 0 Å². The molecule has 0 amide bonds. The van der Waals surface area contributed by atoms with Gasteiger partial charge in [-0.3, -0.25) is 4.79 Å². The van der Waals surface area contributed by atoms with Gasteiger partial charge in [-0.05, 0) is 23.9 Å². The second kappa shape index (κ2) is 5.62. The van der Waals surface area contributed by atoms with Gasteiger partial charge < -0.3 is 9.47 Å². The summed E-state index contributed by atoms with van der Waals surface area (Å²) in [7, 11) is 2.91. The Balaban J connectivity index is 2.57. The normalized spacial score (nSPS) is 11.7. The zero-order chi connectivity index (χ0) is 14.7. The summed E-state index contributed by atoms with van der Waals surface area (Å²) in [4.78, 5) is 11.6. The molecule has 0 saturated carbocycles. The third-order valence-corrected chi connectivity index (χ3v) is 3.39. The summed E-state index contributed by atoms with van der Waals surface area (Å²) >= 11 is 0. The van der Waals surface area contributed by atoms with Crippen LogP contribution in [-0.2, 0) is 9.53 Å². The number of hydrogen-bond acceptors (Lipinski definition) is 4. The molecular formula is C16H15NO3. The number of nitriles is 1. The molecule has 0 aromatic heterocycles. The fourth-order valence-electron chi connectivity index (χ4n) is 2.20. The van der Waals surface area contributed by atoms with Gasteiger partial charge in [0.25, 0.3) is 0 Å². The molecular weight excluding hydrogens is 254 g/mol. The molecule has 0 bridgehead atoms. The third kappa shape index (κ3) is 2.30. The fourth-order valence-corrected chi connectivity index (χ4v) is 2.20. The molecule has 1 atom stereocenters. The molecule has 102 valence electrons. The first-order chi connectivity index (χ1) is 9.62. The molecule has 0 aliphatic heterocycles. The van der Waals surface area contributed by atoms with Crippen LogP contribution < -0.4 is 4.74 Å². The third-order valence-electron chi connectivity index (χ3n) is 3.39. The Hall–Kier alpha value is -2.54. The van der Waals surface area contributed by atoms with Gasteiger partial charge >= 0.3 is 5.97 Å². The minimum absolute atomic E-state index is 0.279. The average molecular weight is 269 g/mol. The topological polar surface area (TPSA) is 59.3 Å². The summed E-state index contributed by atoms with van der Waals surface area (Å²) in [5.74, 6) is -0.0656. The van der Waals surface area contributed by atoms with E-state index in [9.17, 15) is 10.1 Å². The Morgan fingerprint density at radius 1 is 1.25 bits per heavy atom. The van der Waals surface area contributed by atoms with E-state index < -0.39 is 0 Å². The number of fused-ring (bicyclic) bond motifs is 1. The Morgan fingerprint density at radius 3 is 2.60 bits per heavy atom. The Labute approximate surface area is 117 Å². The quantitative estimate of drug-likeness (QED) is 0.804. The maximum absolute atomic E-state index is 11.6. The predicted molar refractivity (Wildman–Crippen MR) is 75.6 cm³/mol. The minimum Gasteiger partial charge on any atom is -0.495 e. The van der Waals surface area contributed by atoms with E-state index in [0.717, 1.165) is 16.3 Å². The van der Waals surface area contributed by atoms with Crippen LogP contribution in [0.25, 0.3) is 10.8 Å². The van der Waals surface area contributed by atoms with Crippen LogP contribution in [0.2, 0.25) is 0 Å². The van der Waals surface area contributed by atoms with Crippen LogP contribution in [0.1, 0.15) is 24.0 Å². The van der Waals surface area contributed by atoms with Gasteiger partial charge in [0.05, 0.1) is 20.1 Å². The number of carbonyl (C=O) groups excluding carboxylic acids is 1. The predicted octanol–water partition coefficient (Wildman–Crippen LogP) is 3.00. The largest absolute Gasteiger partial charge is 0.495 e. The van der Waals surface area contributed by atoms with Crippen molar-refractivity contribution >= 4 is 16.7 Å². The Bertz CT molecular complexity index is 701. The van der Waals surface area contributed by atoms with Gasteiger partial charge in [0, 0.05) is 5.39 Å². The van der Waals surface area contributed by atoms with E-state index in [1.807, 2.05) is 24.3 Å². The van der Waals surface area contributed by atoms with Crippen molar-refractivity contribution in [3.63, 3.8) is 0 Å². The summed E-state index contributed by atoms with van der Waals surface area (Å²) in [5.41, 5.74) is 1.36. The van der Waals surface area contributed by atoms with Crippen molar-refractivity contribution in [3.05, 3.63) is 41.5 Å². The maximum atomic E-state index is 11.6. The van der Waals surface area contributed by atoms with Gasteiger partial charge in [0.1, 0.15) is 17.4 Å². The average Bonchev–Trinajstić information content (AvgIpc) is 2.51. The lowest BCUT2D eigenvalue weighted by molar-refractivity contribution is -0.141. The smallest absolute Gasteiger partial charge is 0.312 e. The number of hydrogen-bond donors (Lipinski definition) is 0. The van der Waals surface area contributed by atoms with E-state index in [-0.39, 0.29) is 11.9 Å². The molecule has 0 saturated heterocycles. The van der Waals surface area contributed by atoms with Crippen LogP contribution in [-0.4, -0.2) is 20.2 Å². The monoisotopic (exact) mass is 269 g/mol. The lowest BCUT2D eigenvalue weighted by Gasteiger charge is -2.12. The molecule has 0 unspecified atom stereocenters. The summed E-state index contributed by atoms with van der Waals surface area (Å²) in [5, 5.41) is 11.0. The van der Waals surface area contributed by atoms with Crippen LogP contribution in [0, 0.1) is 11.3 Å². The van der Waals surface area contributed by atoms with Crippen molar-refractivity contribution in [1.82, 2.24) is 0 Å². The number of ether oxygens (including phenoxy) is 2.